The minimum atomic E-state index is -1.23. The zero-order valence-corrected chi connectivity index (χ0v) is 18.5. The number of nitrogens with one attached hydrogen (secondary N) is 1. The monoisotopic (exact) mass is 472 g/mol. The summed E-state index contributed by atoms with van der Waals surface area (Å²) in [5.41, 5.74) is 7.30. The molecule has 0 aliphatic carbocycles. The number of amides is 1. The predicted octanol–water partition coefficient (Wildman–Crippen LogP) is 4.71. The lowest BCUT2D eigenvalue weighted by Crippen LogP contribution is -2.43. The van der Waals surface area contributed by atoms with Crippen LogP contribution in [0.4, 0.5) is 19.3 Å². The zero-order valence-electron chi connectivity index (χ0n) is 17.7. The van der Waals surface area contributed by atoms with Gasteiger partial charge in [0, 0.05) is 23.1 Å². The number of hydrogen-bond donors (Lipinski definition) is 2. The molecule has 0 heterocycles. The number of nitrogens with two attached hydrogens (primary N) is 1. The van der Waals surface area contributed by atoms with Gasteiger partial charge in [0.2, 0.25) is 0 Å². The Labute approximate surface area is 194 Å². The number of methoxy groups -OCH3 is 1. The van der Waals surface area contributed by atoms with Gasteiger partial charge >= 0.3 is 12.1 Å². The lowest BCUT2D eigenvalue weighted by atomic mass is 10.1. The summed E-state index contributed by atoms with van der Waals surface area (Å²) in [5, 5.41) is 2.41. The Morgan fingerprint density at radius 1 is 1.06 bits per heavy atom. The fraction of sp³-hybridized carbons (Fsp3) is 0.167. The van der Waals surface area contributed by atoms with Crippen LogP contribution >= 0.6 is 11.8 Å². The minimum Gasteiger partial charge on any atom is -0.467 e. The number of para-hydroxylation sites is 1. The molecular weight excluding hydrogens is 450 g/mol. The van der Waals surface area contributed by atoms with Gasteiger partial charge in [-0.05, 0) is 29.3 Å². The van der Waals surface area contributed by atoms with Gasteiger partial charge in [-0.3, -0.25) is 0 Å². The molecule has 0 fully saturated rings. The number of ether oxygens (including phenoxy) is 2. The number of nitrogen functional groups attached to an aromatic ring is 1. The molecule has 1 unspecified atom stereocenters. The second-order valence-corrected chi connectivity index (χ2v) is 8.05. The maximum Gasteiger partial charge on any atom is 0.408 e. The lowest BCUT2D eigenvalue weighted by Gasteiger charge is -2.19. The summed E-state index contributed by atoms with van der Waals surface area (Å²) in [4.78, 5) is 25.2. The van der Waals surface area contributed by atoms with E-state index in [1.165, 1.54) is 0 Å². The van der Waals surface area contributed by atoms with Crippen LogP contribution in [0.25, 0.3) is 0 Å². The molecule has 3 N–H and O–H groups in total. The maximum atomic E-state index is 14.7. The van der Waals surface area contributed by atoms with Crippen LogP contribution in [-0.2, 0) is 27.3 Å². The van der Waals surface area contributed by atoms with Crippen molar-refractivity contribution in [3.63, 3.8) is 0 Å². The van der Waals surface area contributed by atoms with Crippen molar-refractivity contribution in [1.29, 1.82) is 0 Å². The van der Waals surface area contributed by atoms with E-state index in [1.54, 1.807) is 48.5 Å². The molecule has 33 heavy (non-hydrogen) atoms. The van der Waals surface area contributed by atoms with Crippen molar-refractivity contribution < 1.29 is 27.8 Å². The van der Waals surface area contributed by atoms with Gasteiger partial charge in [-0.25, -0.2) is 18.4 Å². The van der Waals surface area contributed by atoms with Crippen molar-refractivity contribution >= 4 is 29.5 Å². The zero-order chi connectivity index (χ0) is 23.8. The molecule has 0 aliphatic rings. The number of carbonyl (C=O) groups is 2. The normalized spacial score (nSPS) is 11.5. The number of alkyl carbamates (subject to hydrolysis) is 1. The van der Waals surface area contributed by atoms with Gasteiger partial charge in [0.05, 0.1) is 12.0 Å². The van der Waals surface area contributed by atoms with Crippen LogP contribution in [0.5, 0.6) is 0 Å². The highest BCUT2D eigenvalue weighted by molar-refractivity contribution is 7.99. The van der Waals surface area contributed by atoms with E-state index in [2.05, 4.69) is 5.32 Å². The van der Waals surface area contributed by atoms with Crippen molar-refractivity contribution in [3.8, 4) is 0 Å². The van der Waals surface area contributed by atoms with Crippen LogP contribution in [0.3, 0.4) is 0 Å². The van der Waals surface area contributed by atoms with Crippen LogP contribution in [-0.4, -0.2) is 25.2 Å². The van der Waals surface area contributed by atoms with Crippen LogP contribution < -0.4 is 11.1 Å². The van der Waals surface area contributed by atoms with Crippen LogP contribution in [0.15, 0.2) is 76.5 Å². The molecule has 172 valence electrons. The Kier molecular flexibility index (Phi) is 8.26. The first-order valence-corrected chi connectivity index (χ1v) is 10.7. The number of anilines is 1. The molecule has 0 spiro atoms. The number of esters is 1. The molecule has 1 amide bonds. The van der Waals surface area contributed by atoms with Crippen molar-refractivity contribution in [2.24, 2.45) is 0 Å². The molecule has 6 nitrogen and oxygen atoms in total. The van der Waals surface area contributed by atoms with E-state index in [0.29, 0.717) is 10.6 Å². The van der Waals surface area contributed by atoms with Gasteiger partial charge in [-0.15, -0.1) is 0 Å². The molecule has 3 rings (SSSR count). The van der Waals surface area contributed by atoms with Gasteiger partial charge in [0.15, 0.2) is 0 Å². The molecule has 0 radical (unpaired) electrons. The van der Waals surface area contributed by atoms with Crippen LogP contribution in [0.1, 0.15) is 11.1 Å². The van der Waals surface area contributed by atoms with Crippen molar-refractivity contribution in [2.75, 3.05) is 12.8 Å². The molecule has 0 saturated heterocycles. The van der Waals surface area contributed by atoms with E-state index in [0.717, 1.165) is 36.6 Å². The molecule has 1 atom stereocenters. The Balaban J connectivity index is 1.80. The highest BCUT2D eigenvalue weighted by Crippen LogP contribution is 2.36. The average Bonchev–Trinajstić information content (AvgIpc) is 2.80. The summed E-state index contributed by atoms with van der Waals surface area (Å²) in [6.45, 7) is -0.0104. The van der Waals surface area contributed by atoms with Crippen molar-refractivity contribution in [1.82, 2.24) is 5.32 Å². The molecule has 9 heteroatoms. The van der Waals surface area contributed by atoms with E-state index in [-0.39, 0.29) is 23.5 Å². The summed E-state index contributed by atoms with van der Waals surface area (Å²) in [5.74, 6) is -2.41. The average molecular weight is 473 g/mol. The minimum absolute atomic E-state index is 0.0104. The maximum absolute atomic E-state index is 14.7. The first-order chi connectivity index (χ1) is 15.9. The van der Waals surface area contributed by atoms with E-state index in [4.69, 9.17) is 15.2 Å². The number of carbonyl (C=O) groups excluding carboxylic acids is 2. The smallest absolute Gasteiger partial charge is 0.408 e. The number of hydrogen-bond acceptors (Lipinski definition) is 6. The summed E-state index contributed by atoms with van der Waals surface area (Å²) in [6, 6.07) is 16.4. The first kappa shape index (κ1) is 24.1. The van der Waals surface area contributed by atoms with E-state index in [9.17, 15) is 18.4 Å². The summed E-state index contributed by atoms with van der Waals surface area (Å²) < 4.78 is 38.6. The summed E-state index contributed by atoms with van der Waals surface area (Å²) >= 11 is 1.00. The molecule has 0 saturated carbocycles. The second kappa shape index (κ2) is 11.3. The summed E-state index contributed by atoms with van der Waals surface area (Å²) in [6.07, 6.45) is -1.09. The fourth-order valence-corrected chi connectivity index (χ4v) is 4.01. The van der Waals surface area contributed by atoms with Crippen LogP contribution in [0.2, 0.25) is 0 Å². The number of halogens is 2. The molecular formula is C24H22F2N2O4S. The molecule has 3 aromatic carbocycles. The number of rotatable bonds is 8. The number of benzene rings is 3. The standard InChI is InChI=1S/C24H22F2N2O4S/c1-31-23(29)20(28-24(30)32-14-15-7-3-2-4-8-15)12-16-11-17(25)13-18(26)22(16)33-21-10-6-5-9-19(21)27/h2-11,13,20H,12,14,27H2,1H3,(H,28,30). The highest BCUT2D eigenvalue weighted by Gasteiger charge is 2.26. The van der Waals surface area contributed by atoms with Gasteiger partial charge in [-0.2, -0.15) is 0 Å². The van der Waals surface area contributed by atoms with E-state index < -0.39 is 29.7 Å². The lowest BCUT2D eigenvalue weighted by molar-refractivity contribution is -0.143. The predicted molar refractivity (Wildman–Crippen MR) is 121 cm³/mol. The Morgan fingerprint density at radius 3 is 2.45 bits per heavy atom. The quantitative estimate of drug-likeness (QED) is 0.365. The van der Waals surface area contributed by atoms with E-state index >= 15 is 0 Å². The third kappa shape index (κ3) is 6.69. The molecule has 3 aromatic rings. The van der Waals surface area contributed by atoms with Crippen LogP contribution in [0, 0.1) is 11.6 Å². The van der Waals surface area contributed by atoms with Gasteiger partial charge in [0.25, 0.3) is 0 Å². The molecule has 0 aliphatic heterocycles. The van der Waals surface area contributed by atoms with Crippen molar-refractivity contribution in [2.45, 2.75) is 28.9 Å². The Hall–Kier alpha value is -3.59. The third-order valence-electron chi connectivity index (χ3n) is 4.63. The Morgan fingerprint density at radius 2 is 1.76 bits per heavy atom. The largest absolute Gasteiger partial charge is 0.467 e. The molecule has 0 bridgehead atoms. The van der Waals surface area contributed by atoms with E-state index in [1.807, 2.05) is 6.07 Å². The first-order valence-electron chi connectivity index (χ1n) is 9.92. The SMILES string of the molecule is COC(=O)C(Cc1cc(F)cc(F)c1Sc1ccccc1N)NC(=O)OCc1ccccc1. The fourth-order valence-electron chi connectivity index (χ4n) is 3.03. The second-order valence-electron chi connectivity index (χ2n) is 7.00. The third-order valence-corrected chi connectivity index (χ3v) is 5.88. The van der Waals surface area contributed by atoms with Gasteiger partial charge in [0.1, 0.15) is 24.3 Å². The highest BCUT2D eigenvalue weighted by atomic mass is 32.2. The Bertz CT molecular complexity index is 1130. The summed E-state index contributed by atoms with van der Waals surface area (Å²) in [7, 11) is 1.15. The van der Waals surface area contributed by atoms with Crippen molar-refractivity contribution in [3.05, 3.63) is 89.5 Å². The van der Waals surface area contributed by atoms with Gasteiger partial charge in [-0.1, -0.05) is 54.2 Å². The topological polar surface area (TPSA) is 90.6 Å². The molecule has 0 aromatic heterocycles. The van der Waals surface area contributed by atoms with Gasteiger partial charge < -0.3 is 20.5 Å².